The van der Waals surface area contributed by atoms with Crippen LogP contribution in [0.25, 0.3) is 11.1 Å². The van der Waals surface area contributed by atoms with E-state index in [4.69, 9.17) is 15.9 Å². The van der Waals surface area contributed by atoms with Gasteiger partial charge in [0.25, 0.3) is 11.8 Å². The van der Waals surface area contributed by atoms with Gasteiger partial charge in [0.2, 0.25) is 11.8 Å². The maximum absolute atomic E-state index is 15.0. The molecule has 3 heterocycles. The van der Waals surface area contributed by atoms with Crippen LogP contribution in [0.1, 0.15) is 65.2 Å². The second-order valence-electron chi connectivity index (χ2n) is 13.2. The summed E-state index contributed by atoms with van der Waals surface area (Å²) in [6.07, 6.45) is 0.422. The van der Waals surface area contributed by atoms with Crippen molar-refractivity contribution in [2.45, 2.75) is 51.2 Å². The summed E-state index contributed by atoms with van der Waals surface area (Å²) in [6.45, 7) is 8.92. The monoisotopic (exact) mass is 678 g/mol. The molecule has 2 saturated heterocycles. The molecule has 1 aromatic heterocycles. The number of amidine groups is 1. The number of morpholine rings is 1. The zero-order valence-electron chi connectivity index (χ0n) is 27.1. The Balaban J connectivity index is 1.19. The van der Waals surface area contributed by atoms with Crippen LogP contribution in [0.15, 0.2) is 53.9 Å². The maximum atomic E-state index is 15.0. The molecule has 2 aromatic carbocycles. The summed E-state index contributed by atoms with van der Waals surface area (Å²) in [6, 6.07) is 10.5. The Morgan fingerprint density at radius 2 is 1.79 bits per heavy atom. The van der Waals surface area contributed by atoms with Gasteiger partial charge in [0, 0.05) is 63.6 Å². The molecule has 4 atom stereocenters. The number of thiophene rings is 1. The number of nitrogen functional groups attached to an aromatic ring is 1. The summed E-state index contributed by atoms with van der Waals surface area (Å²) in [5.41, 5.74) is 6.33. The number of nitrogens with one attached hydrogen (secondary N) is 3. The van der Waals surface area contributed by atoms with E-state index in [-0.39, 0.29) is 52.6 Å². The third-order valence-corrected chi connectivity index (χ3v) is 11.1. The van der Waals surface area contributed by atoms with Crippen LogP contribution in [0, 0.1) is 10.8 Å². The molecule has 0 spiro atoms. The number of ether oxygens (including phenoxy) is 1. The largest absolute Gasteiger partial charge is 0.384 e. The highest BCUT2D eigenvalue weighted by atomic mass is 32.1. The lowest BCUT2D eigenvalue weighted by Crippen LogP contribution is -2.53. The number of nitrogens with two attached hydrogens (primary N) is 1. The Bertz CT molecular complexity index is 1760. The van der Waals surface area contributed by atoms with Crippen molar-refractivity contribution in [1.29, 1.82) is 5.41 Å². The van der Waals surface area contributed by atoms with Gasteiger partial charge in [-0.05, 0) is 49.6 Å². The van der Waals surface area contributed by atoms with Crippen LogP contribution in [0.3, 0.4) is 0 Å². The summed E-state index contributed by atoms with van der Waals surface area (Å²) in [5.74, 6) is -4.52. The van der Waals surface area contributed by atoms with E-state index in [0.717, 1.165) is 18.0 Å². The number of amides is 3. The van der Waals surface area contributed by atoms with Gasteiger partial charge in [-0.3, -0.25) is 24.7 Å². The molecule has 0 saturated carbocycles. The fraction of sp³-hybridized carbons (Fsp3) is 0.429. The van der Waals surface area contributed by atoms with Crippen LogP contribution >= 0.6 is 11.3 Å². The molecule has 13 heteroatoms. The number of likely N-dealkylation sites (tertiary alicyclic amines) is 1. The highest BCUT2D eigenvalue weighted by molar-refractivity contribution is 7.10. The summed E-state index contributed by atoms with van der Waals surface area (Å²) in [7, 11) is 0. The minimum atomic E-state index is -3.16. The van der Waals surface area contributed by atoms with E-state index in [9.17, 15) is 14.4 Å². The number of nitrogens with zero attached hydrogens (tertiary/aromatic N) is 2. The summed E-state index contributed by atoms with van der Waals surface area (Å²) < 4.78 is 35.6. The number of rotatable bonds is 9. The molecule has 10 nitrogen and oxygen atoms in total. The van der Waals surface area contributed by atoms with Crippen molar-refractivity contribution in [3.63, 3.8) is 0 Å². The van der Waals surface area contributed by atoms with Crippen LogP contribution in [0.5, 0.6) is 0 Å². The molecule has 3 aromatic rings. The summed E-state index contributed by atoms with van der Waals surface area (Å²) in [4.78, 5) is 45.8. The zero-order valence-corrected chi connectivity index (χ0v) is 28.0. The van der Waals surface area contributed by atoms with Gasteiger partial charge in [-0.25, -0.2) is 0 Å². The molecule has 3 amide bonds. The van der Waals surface area contributed by atoms with E-state index in [0.29, 0.717) is 37.3 Å². The molecule has 0 radical (unpaired) electrons. The van der Waals surface area contributed by atoms with Gasteiger partial charge >= 0.3 is 0 Å². The van der Waals surface area contributed by atoms with Gasteiger partial charge in [-0.15, -0.1) is 11.3 Å². The van der Waals surface area contributed by atoms with Gasteiger partial charge in [0.05, 0.1) is 25.8 Å². The molecule has 5 N–H and O–H groups in total. The number of benzene rings is 2. The Hall–Kier alpha value is -4.20. The van der Waals surface area contributed by atoms with Crippen LogP contribution < -0.4 is 16.4 Å². The first kappa shape index (κ1) is 33.7. The van der Waals surface area contributed by atoms with Crippen molar-refractivity contribution in [3.8, 4) is 11.1 Å². The molecular weight excluding hydrogens is 638 g/mol. The first-order valence-corrected chi connectivity index (χ1v) is 16.9. The van der Waals surface area contributed by atoms with Gasteiger partial charge in [0.1, 0.15) is 11.9 Å². The number of fused-ring (bicyclic) bond motifs is 3. The number of hydrogen-bond acceptors (Lipinski definition) is 7. The molecule has 0 bridgehead atoms. The third-order valence-electron chi connectivity index (χ3n) is 9.99. The third kappa shape index (κ3) is 6.22. The highest BCUT2D eigenvalue weighted by Crippen LogP contribution is 2.51. The minimum Gasteiger partial charge on any atom is -0.384 e. The first-order valence-electron chi connectivity index (χ1n) is 16.0. The van der Waals surface area contributed by atoms with Crippen molar-refractivity contribution in [1.82, 2.24) is 20.4 Å². The number of halogens is 2. The van der Waals surface area contributed by atoms with E-state index < -0.39 is 29.2 Å². The Morgan fingerprint density at radius 1 is 1.08 bits per heavy atom. The molecule has 2 fully saturated rings. The van der Waals surface area contributed by atoms with Crippen LogP contribution in [-0.4, -0.2) is 84.8 Å². The Kier molecular flexibility index (Phi) is 9.14. The molecule has 0 unspecified atom stereocenters. The average Bonchev–Trinajstić information content (AvgIpc) is 3.73. The van der Waals surface area contributed by atoms with Crippen molar-refractivity contribution >= 4 is 34.9 Å². The van der Waals surface area contributed by atoms with Gasteiger partial charge < -0.3 is 26.0 Å². The normalized spacial score (nSPS) is 23.6. The fourth-order valence-electron chi connectivity index (χ4n) is 7.16. The number of carbonyl (C=O) groups excluding carboxylic acids is 3. The van der Waals surface area contributed by atoms with Crippen molar-refractivity contribution < 1.29 is 27.9 Å². The van der Waals surface area contributed by atoms with E-state index in [1.165, 1.54) is 35.6 Å². The number of carbonyl (C=O) groups is 3. The van der Waals surface area contributed by atoms with Crippen molar-refractivity contribution in [2.24, 2.45) is 11.1 Å². The highest BCUT2D eigenvalue weighted by Gasteiger charge is 2.52. The average molecular weight is 679 g/mol. The molecule has 2 aliphatic heterocycles. The van der Waals surface area contributed by atoms with Crippen LogP contribution in [0.4, 0.5) is 8.78 Å². The summed E-state index contributed by atoms with van der Waals surface area (Å²) >= 11 is 1.39. The second kappa shape index (κ2) is 13.0. The molecule has 48 heavy (non-hydrogen) atoms. The van der Waals surface area contributed by atoms with E-state index in [1.807, 2.05) is 13.8 Å². The van der Waals surface area contributed by atoms with E-state index >= 15 is 8.78 Å². The predicted molar refractivity (Wildman–Crippen MR) is 179 cm³/mol. The standard InChI is InChI=1S/C35H40F2N6O4S/c1-20(29-15-23(18-48-29)31(38)39)41-33(46)28-16-34(3,19-42-10-12-47-13-11-42)21(2)43(28)30(44)17-40-32(45)22-8-9-27-25(14-22)24-6-4-5-7-26(24)35(27,36)37/h4-9,14-15,18,20-21,28H,10-13,16-17,19H2,1-3H3,(H3,38,39)(H,40,45)(H,41,46)/t20-,21+,28+,34-/m1/s1. The van der Waals surface area contributed by atoms with Crippen molar-refractivity contribution in [3.05, 3.63) is 81.0 Å². The van der Waals surface area contributed by atoms with Gasteiger partial charge in [-0.2, -0.15) is 8.78 Å². The zero-order chi connectivity index (χ0) is 34.4. The van der Waals surface area contributed by atoms with E-state index in [2.05, 4.69) is 22.5 Å². The Morgan fingerprint density at radius 3 is 2.50 bits per heavy atom. The topological polar surface area (TPSA) is 141 Å². The van der Waals surface area contributed by atoms with Gasteiger partial charge in [-0.1, -0.05) is 37.3 Å². The fourth-order valence-corrected chi connectivity index (χ4v) is 8.08. The van der Waals surface area contributed by atoms with Crippen LogP contribution in [0.2, 0.25) is 0 Å². The van der Waals surface area contributed by atoms with Crippen molar-refractivity contribution in [2.75, 3.05) is 39.4 Å². The quantitative estimate of drug-likeness (QED) is 0.199. The Labute approximate surface area is 282 Å². The molecule has 1 aliphatic carbocycles. The second-order valence-corrected chi connectivity index (χ2v) is 14.1. The SMILES string of the molecule is C[C@@H]1N(C(=O)CNC(=O)c2ccc3c(c2)-c2ccccc2C3(F)F)[C@H](C(=O)N[C@H](C)c2cc(C(=N)N)cs2)C[C@]1(C)CN1CCOCC1. The maximum Gasteiger partial charge on any atom is 0.299 e. The minimum absolute atomic E-state index is 0.0546. The molecular formula is C35H40F2N6O4S. The number of hydrogen-bond donors (Lipinski definition) is 4. The molecule has 3 aliphatic rings. The van der Waals surface area contributed by atoms with Crippen LogP contribution in [-0.2, 0) is 20.2 Å². The predicted octanol–water partition coefficient (Wildman–Crippen LogP) is 4.09. The lowest BCUT2D eigenvalue weighted by atomic mass is 9.81. The smallest absolute Gasteiger partial charge is 0.299 e. The van der Waals surface area contributed by atoms with E-state index in [1.54, 1.807) is 34.5 Å². The lowest BCUT2D eigenvalue weighted by Gasteiger charge is -2.38. The first-order chi connectivity index (χ1) is 22.8. The number of alkyl halides is 2. The lowest BCUT2D eigenvalue weighted by molar-refractivity contribution is -0.140. The molecule has 254 valence electrons. The summed E-state index contributed by atoms with van der Waals surface area (Å²) in [5, 5.41) is 15.2. The van der Waals surface area contributed by atoms with Gasteiger partial charge in [0.15, 0.2) is 0 Å². The molecule has 6 rings (SSSR count).